The van der Waals surface area contributed by atoms with E-state index in [1.807, 2.05) is 43.9 Å². The average molecular weight is 348 g/mol. The van der Waals surface area contributed by atoms with Crippen molar-refractivity contribution in [1.82, 2.24) is 15.2 Å². The number of carbonyl (C=O) groups is 2. The molecule has 2 amide bonds. The molecular weight excluding hydrogens is 320 g/mol. The maximum absolute atomic E-state index is 12.3. The second-order valence-corrected chi connectivity index (χ2v) is 7.09. The van der Waals surface area contributed by atoms with Crippen LogP contribution in [0.1, 0.15) is 33.6 Å². The molecular formula is C18H28N4O3. The van der Waals surface area contributed by atoms with E-state index in [0.717, 1.165) is 18.9 Å². The summed E-state index contributed by atoms with van der Waals surface area (Å²) in [6.45, 7) is 8.89. The number of nitrogens with zero attached hydrogens (tertiary/aromatic N) is 3. The third-order valence-corrected chi connectivity index (χ3v) is 3.84. The lowest BCUT2D eigenvalue weighted by molar-refractivity contribution is -0.131. The third kappa shape index (κ3) is 6.60. The minimum atomic E-state index is -0.507. The van der Waals surface area contributed by atoms with Gasteiger partial charge in [-0.05, 0) is 39.3 Å². The van der Waals surface area contributed by atoms with Gasteiger partial charge in [0, 0.05) is 45.3 Å². The molecule has 2 rings (SSSR count). The zero-order valence-corrected chi connectivity index (χ0v) is 15.3. The first-order chi connectivity index (χ1) is 11.8. The van der Waals surface area contributed by atoms with Gasteiger partial charge in [-0.1, -0.05) is 6.07 Å². The number of hydrogen-bond acceptors (Lipinski definition) is 5. The fourth-order valence-corrected chi connectivity index (χ4v) is 2.63. The summed E-state index contributed by atoms with van der Waals surface area (Å²) in [7, 11) is 0. The Hall–Kier alpha value is -2.31. The van der Waals surface area contributed by atoms with Crippen LogP contribution in [0, 0.1) is 0 Å². The summed E-state index contributed by atoms with van der Waals surface area (Å²) in [5.41, 5.74) is -0.507. The number of amides is 2. The van der Waals surface area contributed by atoms with Gasteiger partial charge in [0.05, 0.1) is 0 Å². The van der Waals surface area contributed by atoms with Gasteiger partial charge in [-0.15, -0.1) is 0 Å². The highest BCUT2D eigenvalue weighted by atomic mass is 16.6. The summed E-state index contributed by atoms with van der Waals surface area (Å²) in [6, 6.07) is 5.85. The van der Waals surface area contributed by atoms with Crippen molar-refractivity contribution in [1.29, 1.82) is 0 Å². The van der Waals surface area contributed by atoms with Crippen molar-refractivity contribution in [3.8, 4) is 0 Å². The fraction of sp³-hybridized carbons (Fsp3) is 0.611. The summed E-state index contributed by atoms with van der Waals surface area (Å²) in [5.74, 6) is 1.09. The van der Waals surface area contributed by atoms with Crippen LogP contribution in [-0.4, -0.2) is 60.2 Å². The number of carbonyl (C=O) groups excluding carboxylic acids is 2. The van der Waals surface area contributed by atoms with Crippen LogP contribution in [0.4, 0.5) is 10.6 Å². The van der Waals surface area contributed by atoms with E-state index in [1.165, 1.54) is 0 Å². The summed E-state index contributed by atoms with van der Waals surface area (Å²) in [4.78, 5) is 32.2. The van der Waals surface area contributed by atoms with E-state index in [2.05, 4.69) is 15.2 Å². The summed E-state index contributed by atoms with van der Waals surface area (Å²) in [6.07, 6.45) is 2.38. The lowest BCUT2D eigenvalue weighted by Gasteiger charge is -2.35. The average Bonchev–Trinajstić information content (AvgIpc) is 2.58. The van der Waals surface area contributed by atoms with E-state index >= 15 is 0 Å². The van der Waals surface area contributed by atoms with Crippen LogP contribution in [-0.2, 0) is 9.53 Å². The first-order valence-electron chi connectivity index (χ1n) is 8.76. The van der Waals surface area contributed by atoms with Gasteiger partial charge in [0.15, 0.2) is 0 Å². The largest absolute Gasteiger partial charge is 0.444 e. The van der Waals surface area contributed by atoms with Crippen molar-refractivity contribution >= 4 is 17.8 Å². The van der Waals surface area contributed by atoms with Gasteiger partial charge in [-0.3, -0.25) is 4.79 Å². The minimum absolute atomic E-state index is 0.131. The summed E-state index contributed by atoms with van der Waals surface area (Å²) in [5, 5.41) is 2.68. The van der Waals surface area contributed by atoms with Gasteiger partial charge in [0.25, 0.3) is 0 Å². The Morgan fingerprint density at radius 3 is 2.52 bits per heavy atom. The molecule has 0 unspecified atom stereocenters. The molecule has 7 heteroatoms. The van der Waals surface area contributed by atoms with E-state index in [1.54, 1.807) is 6.20 Å². The minimum Gasteiger partial charge on any atom is -0.444 e. The predicted molar refractivity (Wildman–Crippen MR) is 96.5 cm³/mol. The monoisotopic (exact) mass is 348 g/mol. The Morgan fingerprint density at radius 1 is 1.20 bits per heavy atom. The van der Waals surface area contributed by atoms with Crippen LogP contribution in [0.25, 0.3) is 0 Å². The molecule has 0 saturated carbocycles. The highest BCUT2D eigenvalue weighted by molar-refractivity contribution is 5.76. The summed E-state index contributed by atoms with van der Waals surface area (Å²) >= 11 is 0. The molecule has 1 aliphatic rings. The second-order valence-electron chi connectivity index (χ2n) is 7.09. The number of anilines is 1. The van der Waals surface area contributed by atoms with Crippen LogP contribution in [0.3, 0.4) is 0 Å². The van der Waals surface area contributed by atoms with Gasteiger partial charge in [0.2, 0.25) is 5.91 Å². The molecule has 1 aliphatic heterocycles. The van der Waals surface area contributed by atoms with Crippen molar-refractivity contribution in [3.63, 3.8) is 0 Å². The van der Waals surface area contributed by atoms with Gasteiger partial charge >= 0.3 is 6.09 Å². The second kappa shape index (κ2) is 8.69. The molecule has 0 spiro atoms. The molecule has 7 nitrogen and oxygen atoms in total. The zero-order valence-electron chi connectivity index (χ0n) is 15.3. The molecule has 1 saturated heterocycles. The maximum atomic E-state index is 12.3. The first-order valence-corrected chi connectivity index (χ1v) is 8.76. The van der Waals surface area contributed by atoms with Crippen molar-refractivity contribution in [3.05, 3.63) is 24.4 Å². The molecule has 1 aromatic rings. The van der Waals surface area contributed by atoms with Crippen LogP contribution in [0.5, 0.6) is 0 Å². The zero-order chi connectivity index (χ0) is 18.3. The SMILES string of the molecule is CC(C)(C)OC(=O)NCCCC(=O)N1CCN(c2ccccn2)CC1. The topological polar surface area (TPSA) is 74.8 Å². The Kier molecular flexibility index (Phi) is 6.61. The molecule has 0 aliphatic carbocycles. The molecule has 0 radical (unpaired) electrons. The maximum Gasteiger partial charge on any atom is 0.407 e. The predicted octanol–water partition coefficient (Wildman–Crippen LogP) is 2.04. The summed E-state index contributed by atoms with van der Waals surface area (Å²) < 4.78 is 5.16. The Morgan fingerprint density at radius 2 is 1.92 bits per heavy atom. The van der Waals surface area contributed by atoms with Crippen molar-refractivity contribution < 1.29 is 14.3 Å². The highest BCUT2D eigenvalue weighted by Gasteiger charge is 2.21. The van der Waals surface area contributed by atoms with Crippen molar-refractivity contribution in [2.75, 3.05) is 37.6 Å². The smallest absolute Gasteiger partial charge is 0.407 e. The van der Waals surface area contributed by atoms with E-state index in [0.29, 0.717) is 32.5 Å². The van der Waals surface area contributed by atoms with E-state index in [-0.39, 0.29) is 5.91 Å². The van der Waals surface area contributed by atoms with Crippen LogP contribution < -0.4 is 10.2 Å². The van der Waals surface area contributed by atoms with Gasteiger partial charge in [-0.25, -0.2) is 9.78 Å². The quantitative estimate of drug-likeness (QED) is 0.824. The first kappa shape index (κ1) is 19.0. The number of pyridine rings is 1. The van der Waals surface area contributed by atoms with Gasteiger partial charge in [-0.2, -0.15) is 0 Å². The number of nitrogens with one attached hydrogen (secondary N) is 1. The standard InChI is InChI=1S/C18H28N4O3/c1-18(2,3)25-17(24)20-10-6-8-16(23)22-13-11-21(12-14-22)15-7-4-5-9-19-15/h4-5,7,9H,6,8,10-14H2,1-3H3,(H,20,24). The van der Waals surface area contributed by atoms with E-state index in [9.17, 15) is 9.59 Å². The van der Waals surface area contributed by atoms with Crippen LogP contribution >= 0.6 is 0 Å². The molecule has 1 N–H and O–H groups in total. The van der Waals surface area contributed by atoms with Crippen LogP contribution in [0.15, 0.2) is 24.4 Å². The molecule has 25 heavy (non-hydrogen) atoms. The lowest BCUT2D eigenvalue weighted by atomic mass is 10.2. The lowest BCUT2D eigenvalue weighted by Crippen LogP contribution is -2.49. The van der Waals surface area contributed by atoms with Crippen molar-refractivity contribution in [2.24, 2.45) is 0 Å². The Bertz CT molecular complexity index is 563. The molecule has 2 heterocycles. The molecule has 0 aromatic carbocycles. The van der Waals surface area contributed by atoms with Crippen LogP contribution in [0.2, 0.25) is 0 Å². The molecule has 138 valence electrons. The Labute approximate surface area is 149 Å². The number of ether oxygens (including phenoxy) is 1. The number of hydrogen-bond donors (Lipinski definition) is 1. The normalized spacial score (nSPS) is 15.0. The third-order valence-electron chi connectivity index (χ3n) is 3.84. The molecule has 1 aromatic heterocycles. The number of piperazine rings is 1. The molecule has 0 bridgehead atoms. The number of aromatic nitrogens is 1. The Balaban J connectivity index is 1.63. The van der Waals surface area contributed by atoms with E-state index in [4.69, 9.17) is 4.74 Å². The number of rotatable bonds is 5. The highest BCUT2D eigenvalue weighted by Crippen LogP contribution is 2.13. The van der Waals surface area contributed by atoms with Gasteiger partial charge in [0.1, 0.15) is 11.4 Å². The van der Waals surface area contributed by atoms with Gasteiger partial charge < -0.3 is 19.9 Å². The number of alkyl carbamates (subject to hydrolysis) is 1. The molecule has 1 fully saturated rings. The fourth-order valence-electron chi connectivity index (χ4n) is 2.63. The van der Waals surface area contributed by atoms with Crippen molar-refractivity contribution in [2.45, 2.75) is 39.2 Å². The van der Waals surface area contributed by atoms with E-state index < -0.39 is 11.7 Å². The molecule has 0 atom stereocenters.